The molecule has 0 fully saturated rings. The number of carbonyl (C=O) groups excluding carboxylic acids is 1. The third kappa shape index (κ3) is 6.49. The second-order valence-electron chi connectivity index (χ2n) is 6.04. The summed E-state index contributed by atoms with van der Waals surface area (Å²) in [6.07, 6.45) is 1.30. The molecule has 0 aromatic heterocycles. The summed E-state index contributed by atoms with van der Waals surface area (Å²) in [5.41, 5.74) is 2.40. The molecule has 1 N–H and O–H groups in total. The lowest BCUT2D eigenvalue weighted by Gasteiger charge is -2.15. The first-order valence-corrected chi connectivity index (χ1v) is 8.81. The van der Waals surface area contributed by atoms with E-state index in [1.165, 1.54) is 11.1 Å². The predicted molar refractivity (Wildman–Crippen MR) is 100 cm³/mol. The number of nitrogens with one attached hydrogen (secondary N) is 1. The molecule has 0 aliphatic carbocycles. The minimum absolute atomic E-state index is 0.0905. The largest absolute Gasteiger partial charge is 0.494 e. The minimum Gasteiger partial charge on any atom is -0.494 e. The number of rotatable bonds is 9. The molecule has 0 heterocycles. The molecule has 0 unspecified atom stereocenters. The van der Waals surface area contributed by atoms with E-state index in [1.54, 1.807) is 6.92 Å². The van der Waals surface area contributed by atoms with Gasteiger partial charge in [-0.3, -0.25) is 4.79 Å². The molecule has 0 aliphatic heterocycles. The van der Waals surface area contributed by atoms with Crippen LogP contribution in [0.4, 0.5) is 0 Å². The maximum Gasteiger partial charge on any atom is 0.260 e. The zero-order chi connectivity index (χ0) is 18.1. The molecule has 1 atom stereocenters. The van der Waals surface area contributed by atoms with Gasteiger partial charge in [-0.2, -0.15) is 0 Å². The molecule has 134 valence electrons. The zero-order valence-electron chi connectivity index (χ0n) is 15.2. The second kappa shape index (κ2) is 9.72. The number of carbonyl (C=O) groups is 1. The Bertz CT molecular complexity index is 650. The van der Waals surface area contributed by atoms with Crippen LogP contribution in [0.1, 0.15) is 31.4 Å². The highest BCUT2D eigenvalue weighted by atomic mass is 16.5. The van der Waals surface area contributed by atoms with E-state index in [4.69, 9.17) is 9.47 Å². The summed E-state index contributed by atoms with van der Waals surface area (Å²) in [6.45, 7) is 7.06. The van der Waals surface area contributed by atoms with Crippen molar-refractivity contribution in [2.45, 2.75) is 39.7 Å². The van der Waals surface area contributed by atoms with Crippen molar-refractivity contribution in [3.8, 4) is 11.5 Å². The molecule has 2 aromatic rings. The summed E-state index contributed by atoms with van der Waals surface area (Å²) in [4.78, 5) is 12.1. The highest BCUT2D eigenvalue weighted by Gasteiger charge is 2.13. The van der Waals surface area contributed by atoms with Crippen LogP contribution in [-0.4, -0.2) is 25.2 Å². The van der Waals surface area contributed by atoms with E-state index in [1.807, 2.05) is 50.2 Å². The highest BCUT2D eigenvalue weighted by molar-refractivity contribution is 5.80. The summed E-state index contributed by atoms with van der Waals surface area (Å²) in [5.74, 6) is 1.51. The molecule has 0 saturated heterocycles. The Labute approximate surface area is 150 Å². The van der Waals surface area contributed by atoms with Crippen molar-refractivity contribution in [2.75, 3.05) is 13.2 Å². The van der Waals surface area contributed by atoms with Gasteiger partial charge in [-0.1, -0.05) is 29.8 Å². The van der Waals surface area contributed by atoms with Gasteiger partial charge < -0.3 is 14.8 Å². The van der Waals surface area contributed by atoms with E-state index in [2.05, 4.69) is 17.4 Å². The van der Waals surface area contributed by atoms with Gasteiger partial charge in [-0.05, 0) is 63.4 Å². The van der Waals surface area contributed by atoms with Crippen molar-refractivity contribution in [1.29, 1.82) is 0 Å². The Kier molecular flexibility index (Phi) is 7.33. The van der Waals surface area contributed by atoms with Crippen LogP contribution in [-0.2, 0) is 11.2 Å². The van der Waals surface area contributed by atoms with Crippen LogP contribution in [0.3, 0.4) is 0 Å². The first-order chi connectivity index (χ1) is 12.1. The second-order valence-corrected chi connectivity index (χ2v) is 6.04. The molecule has 0 spiro atoms. The Balaban J connectivity index is 1.68. The average molecular weight is 341 g/mol. The zero-order valence-corrected chi connectivity index (χ0v) is 15.2. The Morgan fingerprint density at radius 1 is 1.04 bits per heavy atom. The minimum atomic E-state index is -0.506. The smallest absolute Gasteiger partial charge is 0.260 e. The SMILES string of the molecule is CCOc1ccc(CCCNC(=O)[C@@H](C)Oc2ccc(C)cc2)cc1. The quantitative estimate of drug-likeness (QED) is 0.704. The van der Waals surface area contributed by atoms with Crippen LogP contribution in [0.25, 0.3) is 0 Å². The van der Waals surface area contributed by atoms with E-state index < -0.39 is 6.10 Å². The maximum absolute atomic E-state index is 12.1. The van der Waals surface area contributed by atoms with Gasteiger partial charge in [0.2, 0.25) is 0 Å². The van der Waals surface area contributed by atoms with E-state index >= 15 is 0 Å². The molecule has 2 rings (SSSR count). The summed E-state index contributed by atoms with van der Waals surface area (Å²) >= 11 is 0. The fraction of sp³-hybridized carbons (Fsp3) is 0.381. The number of ether oxygens (including phenoxy) is 2. The van der Waals surface area contributed by atoms with Crippen LogP contribution in [0.2, 0.25) is 0 Å². The summed E-state index contributed by atoms with van der Waals surface area (Å²) in [5, 5.41) is 2.93. The number of hydrogen-bond acceptors (Lipinski definition) is 3. The normalized spacial score (nSPS) is 11.6. The fourth-order valence-corrected chi connectivity index (χ4v) is 2.44. The van der Waals surface area contributed by atoms with Crippen LogP contribution < -0.4 is 14.8 Å². The molecule has 2 aromatic carbocycles. The average Bonchev–Trinajstić information content (AvgIpc) is 2.62. The van der Waals surface area contributed by atoms with Crippen molar-refractivity contribution in [2.24, 2.45) is 0 Å². The standard InChI is InChI=1S/C21H27NO3/c1-4-24-19-13-9-18(10-14-19)6-5-15-22-21(23)17(3)25-20-11-7-16(2)8-12-20/h7-14,17H,4-6,15H2,1-3H3,(H,22,23)/t17-/m1/s1. The van der Waals surface area contributed by atoms with Gasteiger partial charge in [0.1, 0.15) is 11.5 Å². The van der Waals surface area contributed by atoms with Crippen LogP contribution in [0, 0.1) is 6.92 Å². The molecular weight excluding hydrogens is 314 g/mol. The monoisotopic (exact) mass is 341 g/mol. The summed E-state index contributed by atoms with van der Waals surface area (Å²) < 4.78 is 11.1. The van der Waals surface area contributed by atoms with Crippen LogP contribution in [0.15, 0.2) is 48.5 Å². The Morgan fingerprint density at radius 3 is 2.32 bits per heavy atom. The lowest BCUT2D eigenvalue weighted by molar-refractivity contribution is -0.127. The van der Waals surface area contributed by atoms with Crippen LogP contribution >= 0.6 is 0 Å². The number of benzene rings is 2. The topological polar surface area (TPSA) is 47.6 Å². The summed E-state index contributed by atoms with van der Waals surface area (Å²) in [7, 11) is 0. The molecule has 25 heavy (non-hydrogen) atoms. The van der Waals surface area contributed by atoms with Gasteiger partial charge in [0.25, 0.3) is 5.91 Å². The highest BCUT2D eigenvalue weighted by Crippen LogP contribution is 2.14. The molecule has 4 heteroatoms. The van der Waals surface area contributed by atoms with Gasteiger partial charge in [-0.25, -0.2) is 0 Å². The van der Waals surface area contributed by atoms with Crippen LogP contribution in [0.5, 0.6) is 11.5 Å². The molecule has 0 bridgehead atoms. The molecular formula is C21H27NO3. The number of hydrogen-bond donors (Lipinski definition) is 1. The van der Waals surface area contributed by atoms with Crippen molar-refractivity contribution in [1.82, 2.24) is 5.32 Å². The Morgan fingerprint density at radius 2 is 1.68 bits per heavy atom. The van der Waals surface area contributed by atoms with Crippen molar-refractivity contribution < 1.29 is 14.3 Å². The third-order valence-corrected chi connectivity index (χ3v) is 3.88. The van der Waals surface area contributed by atoms with Gasteiger partial charge in [0.05, 0.1) is 6.61 Å². The van der Waals surface area contributed by atoms with Crippen molar-refractivity contribution in [3.63, 3.8) is 0 Å². The molecule has 4 nitrogen and oxygen atoms in total. The first-order valence-electron chi connectivity index (χ1n) is 8.81. The maximum atomic E-state index is 12.1. The molecule has 0 radical (unpaired) electrons. The van der Waals surface area contributed by atoms with Crippen molar-refractivity contribution >= 4 is 5.91 Å². The van der Waals surface area contributed by atoms with Gasteiger partial charge in [-0.15, -0.1) is 0 Å². The fourth-order valence-electron chi connectivity index (χ4n) is 2.44. The summed E-state index contributed by atoms with van der Waals surface area (Å²) in [6, 6.07) is 15.8. The van der Waals surface area contributed by atoms with E-state index in [0.29, 0.717) is 18.9 Å². The molecule has 0 aliphatic rings. The molecule has 1 amide bonds. The lowest BCUT2D eigenvalue weighted by Crippen LogP contribution is -2.36. The van der Waals surface area contributed by atoms with Gasteiger partial charge >= 0.3 is 0 Å². The van der Waals surface area contributed by atoms with E-state index in [9.17, 15) is 4.79 Å². The first kappa shape index (κ1) is 18.8. The van der Waals surface area contributed by atoms with Crippen molar-refractivity contribution in [3.05, 3.63) is 59.7 Å². The Hall–Kier alpha value is -2.49. The lowest BCUT2D eigenvalue weighted by atomic mass is 10.1. The number of amides is 1. The van der Waals surface area contributed by atoms with E-state index in [0.717, 1.165) is 18.6 Å². The van der Waals surface area contributed by atoms with E-state index in [-0.39, 0.29) is 5.91 Å². The predicted octanol–water partition coefficient (Wildman–Crippen LogP) is 3.91. The van der Waals surface area contributed by atoms with Gasteiger partial charge in [0.15, 0.2) is 6.10 Å². The third-order valence-electron chi connectivity index (χ3n) is 3.88. The number of aryl methyl sites for hydroxylation is 2. The molecule has 0 saturated carbocycles. The van der Waals surface area contributed by atoms with Gasteiger partial charge in [0, 0.05) is 6.54 Å².